The van der Waals surface area contributed by atoms with Gasteiger partial charge in [-0.15, -0.1) is 11.8 Å². The molecule has 3 nitrogen and oxygen atoms in total. The van der Waals surface area contributed by atoms with Gasteiger partial charge in [0, 0.05) is 4.90 Å². The normalized spacial score (nSPS) is 10.6. The maximum atomic E-state index is 13.6. The summed E-state index contributed by atoms with van der Waals surface area (Å²) in [6.45, 7) is 0.224. The van der Waals surface area contributed by atoms with E-state index >= 15 is 0 Å². The third-order valence-electron chi connectivity index (χ3n) is 3.99. The van der Waals surface area contributed by atoms with Crippen molar-refractivity contribution >= 4 is 17.7 Å². The average molecular weight is 386 g/mol. The number of thioether (sulfide) groups is 1. The number of carbonyl (C=O) groups is 1. The first-order chi connectivity index (χ1) is 13.0. The van der Waals surface area contributed by atoms with Crippen LogP contribution in [0.4, 0.5) is 8.78 Å². The Morgan fingerprint density at radius 1 is 1.04 bits per heavy atom. The first kappa shape index (κ1) is 18.9. The van der Waals surface area contributed by atoms with Gasteiger partial charge in [-0.1, -0.05) is 24.3 Å². The number of ether oxygens (including phenoxy) is 1. The van der Waals surface area contributed by atoms with Gasteiger partial charge in [-0.05, 0) is 59.3 Å². The standard InChI is InChI=1S/C21H16F2O3S/c1-27-20-11-19(23)18(22)10-17(20)14-5-7-16(8-6-14)26-12-13-3-2-4-15(9-13)21(24)25/h2-11H,12H2,1H3,(H,24,25). The Morgan fingerprint density at radius 2 is 1.74 bits per heavy atom. The molecule has 138 valence electrons. The molecule has 3 rings (SSSR count). The number of benzene rings is 3. The zero-order valence-electron chi connectivity index (χ0n) is 14.4. The van der Waals surface area contributed by atoms with Gasteiger partial charge >= 0.3 is 5.97 Å². The minimum absolute atomic E-state index is 0.203. The summed E-state index contributed by atoms with van der Waals surface area (Å²) in [6.07, 6.45) is 1.80. The summed E-state index contributed by atoms with van der Waals surface area (Å²) in [5.41, 5.74) is 2.30. The molecule has 1 N–H and O–H groups in total. The Morgan fingerprint density at radius 3 is 2.41 bits per heavy atom. The lowest BCUT2D eigenvalue weighted by Crippen LogP contribution is -2.00. The lowest BCUT2D eigenvalue weighted by atomic mass is 10.1. The van der Waals surface area contributed by atoms with E-state index in [1.165, 1.54) is 30.0 Å². The molecule has 0 aliphatic heterocycles. The van der Waals surface area contributed by atoms with Crippen molar-refractivity contribution in [2.75, 3.05) is 6.26 Å². The Hall–Kier alpha value is -2.86. The van der Waals surface area contributed by atoms with Crippen LogP contribution < -0.4 is 4.74 Å². The second kappa shape index (κ2) is 8.22. The Labute approximate surface area is 159 Å². The van der Waals surface area contributed by atoms with Gasteiger partial charge in [0.1, 0.15) is 12.4 Å². The van der Waals surface area contributed by atoms with Gasteiger partial charge in [0.25, 0.3) is 0 Å². The molecule has 0 heterocycles. The molecule has 27 heavy (non-hydrogen) atoms. The summed E-state index contributed by atoms with van der Waals surface area (Å²) < 4.78 is 32.7. The second-order valence-corrected chi connectivity index (χ2v) is 6.63. The number of hydrogen-bond acceptors (Lipinski definition) is 3. The van der Waals surface area contributed by atoms with Crippen LogP contribution in [0.3, 0.4) is 0 Å². The van der Waals surface area contributed by atoms with E-state index in [1.54, 1.807) is 48.7 Å². The van der Waals surface area contributed by atoms with Crippen molar-refractivity contribution in [2.45, 2.75) is 11.5 Å². The van der Waals surface area contributed by atoms with Gasteiger partial charge in [0.05, 0.1) is 5.56 Å². The molecule has 0 atom stereocenters. The van der Waals surface area contributed by atoms with Crippen molar-refractivity contribution in [1.29, 1.82) is 0 Å². The number of carboxylic acid groups (broad SMARTS) is 1. The van der Waals surface area contributed by atoms with Gasteiger partial charge in [0.15, 0.2) is 11.6 Å². The zero-order chi connectivity index (χ0) is 19.4. The molecular weight excluding hydrogens is 370 g/mol. The molecule has 0 saturated heterocycles. The fourth-order valence-electron chi connectivity index (χ4n) is 2.61. The van der Waals surface area contributed by atoms with E-state index in [9.17, 15) is 13.6 Å². The first-order valence-electron chi connectivity index (χ1n) is 8.06. The van der Waals surface area contributed by atoms with Crippen molar-refractivity contribution in [3.8, 4) is 16.9 Å². The van der Waals surface area contributed by atoms with Crippen LogP contribution in [0.5, 0.6) is 5.75 Å². The third kappa shape index (κ3) is 4.46. The minimum Gasteiger partial charge on any atom is -0.489 e. The molecule has 0 aromatic heterocycles. The quantitative estimate of drug-likeness (QED) is 0.558. The van der Waals surface area contributed by atoms with Gasteiger partial charge < -0.3 is 9.84 Å². The van der Waals surface area contributed by atoms with Crippen LogP contribution in [0, 0.1) is 11.6 Å². The van der Waals surface area contributed by atoms with Crippen LogP contribution in [0.1, 0.15) is 15.9 Å². The largest absolute Gasteiger partial charge is 0.489 e. The molecule has 3 aromatic carbocycles. The summed E-state index contributed by atoms with van der Waals surface area (Å²) in [5, 5.41) is 9.02. The smallest absolute Gasteiger partial charge is 0.335 e. The zero-order valence-corrected chi connectivity index (χ0v) is 15.2. The van der Waals surface area contributed by atoms with Gasteiger partial charge in [-0.3, -0.25) is 0 Å². The molecule has 0 radical (unpaired) electrons. The van der Waals surface area contributed by atoms with Crippen molar-refractivity contribution in [3.05, 3.63) is 83.4 Å². The molecule has 0 fully saturated rings. The van der Waals surface area contributed by atoms with E-state index < -0.39 is 17.6 Å². The van der Waals surface area contributed by atoms with Crippen molar-refractivity contribution in [1.82, 2.24) is 0 Å². The Bertz CT molecular complexity index is 972. The minimum atomic E-state index is -0.989. The predicted octanol–water partition coefficient (Wildman–Crippen LogP) is 5.63. The number of rotatable bonds is 6. The van der Waals surface area contributed by atoms with E-state index in [2.05, 4.69) is 0 Å². The highest BCUT2D eigenvalue weighted by molar-refractivity contribution is 7.98. The lowest BCUT2D eigenvalue weighted by molar-refractivity contribution is 0.0696. The maximum absolute atomic E-state index is 13.6. The summed E-state index contributed by atoms with van der Waals surface area (Å²) in [5.74, 6) is -2.15. The van der Waals surface area contributed by atoms with Crippen LogP contribution in [0.25, 0.3) is 11.1 Å². The maximum Gasteiger partial charge on any atom is 0.335 e. The molecule has 6 heteroatoms. The van der Waals surface area contributed by atoms with E-state index in [-0.39, 0.29) is 12.2 Å². The van der Waals surface area contributed by atoms with Crippen LogP contribution in [0.15, 0.2) is 65.6 Å². The van der Waals surface area contributed by atoms with Crippen LogP contribution >= 0.6 is 11.8 Å². The monoisotopic (exact) mass is 386 g/mol. The highest BCUT2D eigenvalue weighted by Crippen LogP contribution is 2.33. The van der Waals surface area contributed by atoms with Gasteiger partial charge in [0.2, 0.25) is 0 Å². The molecule has 0 unspecified atom stereocenters. The topological polar surface area (TPSA) is 46.5 Å². The second-order valence-electron chi connectivity index (χ2n) is 5.79. The van der Waals surface area contributed by atoms with Crippen LogP contribution in [-0.4, -0.2) is 17.3 Å². The number of aromatic carboxylic acids is 1. The van der Waals surface area contributed by atoms with Gasteiger partial charge in [-0.25, -0.2) is 13.6 Å². The third-order valence-corrected chi connectivity index (χ3v) is 4.76. The van der Waals surface area contributed by atoms with E-state index in [1.807, 2.05) is 0 Å². The fourth-order valence-corrected chi connectivity index (χ4v) is 3.23. The molecule has 0 aliphatic carbocycles. The van der Waals surface area contributed by atoms with Crippen LogP contribution in [-0.2, 0) is 6.61 Å². The van der Waals surface area contributed by atoms with E-state index in [0.29, 0.717) is 16.2 Å². The number of hydrogen-bond donors (Lipinski definition) is 1. The lowest BCUT2D eigenvalue weighted by Gasteiger charge is -2.11. The summed E-state index contributed by atoms with van der Waals surface area (Å²) in [6, 6.07) is 15.9. The molecule has 0 saturated carbocycles. The number of carboxylic acids is 1. The predicted molar refractivity (Wildman–Crippen MR) is 101 cm³/mol. The van der Waals surface area contributed by atoms with E-state index in [0.717, 1.165) is 11.1 Å². The molecule has 0 amide bonds. The van der Waals surface area contributed by atoms with Gasteiger partial charge in [-0.2, -0.15) is 0 Å². The average Bonchev–Trinajstić information content (AvgIpc) is 2.68. The molecular formula is C21H16F2O3S. The molecule has 0 aliphatic rings. The van der Waals surface area contributed by atoms with Crippen molar-refractivity contribution in [2.24, 2.45) is 0 Å². The molecule has 0 spiro atoms. The SMILES string of the molecule is CSc1cc(F)c(F)cc1-c1ccc(OCc2cccc(C(=O)O)c2)cc1. The summed E-state index contributed by atoms with van der Waals surface area (Å²) in [4.78, 5) is 11.7. The number of halogens is 2. The summed E-state index contributed by atoms with van der Waals surface area (Å²) >= 11 is 1.34. The Kier molecular flexibility index (Phi) is 5.76. The first-order valence-corrected chi connectivity index (χ1v) is 9.29. The molecule has 0 bridgehead atoms. The van der Waals surface area contributed by atoms with E-state index in [4.69, 9.17) is 9.84 Å². The van der Waals surface area contributed by atoms with Crippen molar-refractivity contribution < 1.29 is 23.4 Å². The highest BCUT2D eigenvalue weighted by atomic mass is 32.2. The van der Waals surface area contributed by atoms with Crippen molar-refractivity contribution in [3.63, 3.8) is 0 Å². The van der Waals surface area contributed by atoms with Crippen LogP contribution in [0.2, 0.25) is 0 Å². The Balaban J connectivity index is 1.75. The highest BCUT2D eigenvalue weighted by Gasteiger charge is 2.11. The summed E-state index contributed by atoms with van der Waals surface area (Å²) in [7, 11) is 0. The fraction of sp³-hybridized carbons (Fsp3) is 0.0952. The molecule has 3 aromatic rings.